The predicted molar refractivity (Wildman–Crippen MR) is 173 cm³/mol. The van der Waals surface area contributed by atoms with Crippen molar-refractivity contribution in [3.05, 3.63) is 69.2 Å². The summed E-state index contributed by atoms with van der Waals surface area (Å²) in [5.74, 6) is -0.152. The number of halogens is 2. The number of amidine groups is 1. The second-order valence-corrected chi connectivity index (χ2v) is 13.7. The number of benzene rings is 2. The van der Waals surface area contributed by atoms with Gasteiger partial charge in [0.2, 0.25) is 0 Å². The average Bonchev–Trinajstić information content (AvgIpc) is 3.24. The second-order valence-electron chi connectivity index (χ2n) is 12.8. The number of nitrogens with zero attached hydrogens (tertiary/aromatic N) is 3. The Morgan fingerprint density at radius 1 is 1.12 bits per heavy atom. The normalized spacial score (nSPS) is 21.1. The zero-order valence-electron chi connectivity index (χ0n) is 25.5. The fourth-order valence-corrected chi connectivity index (χ4v) is 6.94. The lowest BCUT2D eigenvalue weighted by Crippen LogP contribution is -2.51. The maximum absolute atomic E-state index is 14.5. The number of carbonyl (C=O) groups excluding carboxylic acids is 2. The maximum Gasteiger partial charge on any atom is 0.275 e. The molecule has 8 nitrogen and oxygen atoms in total. The number of hydrogen-bond acceptors (Lipinski definition) is 5. The molecule has 1 atom stereocenters. The number of aliphatic imine (C=N–C) groups is 1. The van der Waals surface area contributed by atoms with E-state index in [1.165, 1.54) is 0 Å². The first-order valence-electron chi connectivity index (χ1n) is 15.1. The maximum atomic E-state index is 14.5. The van der Waals surface area contributed by atoms with Crippen LogP contribution in [0.3, 0.4) is 0 Å². The molecule has 0 saturated heterocycles. The smallest absolute Gasteiger partial charge is 0.275 e. The molecule has 10 heteroatoms. The topological polar surface area (TPSA) is 122 Å². The van der Waals surface area contributed by atoms with Gasteiger partial charge in [0.05, 0.1) is 12.6 Å². The third-order valence-corrected chi connectivity index (χ3v) is 9.28. The molecule has 1 spiro atoms. The van der Waals surface area contributed by atoms with E-state index in [0.29, 0.717) is 32.8 Å². The first-order chi connectivity index (χ1) is 20.4. The van der Waals surface area contributed by atoms with E-state index in [-0.39, 0.29) is 35.7 Å². The van der Waals surface area contributed by atoms with Crippen molar-refractivity contribution >= 4 is 46.6 Å². The second kappa shape index (κ2) is 13.7. The highest BCUT2D eigenvalue weighted by Gasteiger charge is 2.52. The summed E-state index contributed by atoms with van der Waals surface area (Å²) in [7, 11) is 0. The van der Waals surface area contributed by atoms with Crippen LogP contribution in [0.4, 0.5) is 0 Å². The SMILES string of the molecule is CCCCC[C@H](c1ccc(C(=O)NCC(=N)N=N)cc1)N1C(=O)C(c2cc(Cl)cc(Cl)c2)=NC12CCC(C(C)(C)C)CC2. The van der Waals surface area contributed by atoms with Gasteiger partial charge in [0, 0.05) is 21.2 Å². The molecule has 2 aromatic carbocycles. The minimum Gasteiger partial charge on any atom is -0.345 e. The first-order valence-corrected chi connectivity index (χ1v) is 15.9. The van der Waals surface area contributed by atoms with Crippen LogP contribution in [-0.4, -0.2) is 40.5 Å². The van der Waals surface area contributed by atoms with Crippen molar-refractivity contribution < 1.29 is 9.59 Å². The molecule has 230 valence electrons. The van der Waals surface area contributed by atoms with Gasteiger partial charge in [-0.15, -0.1) is 5.11 Å². The first kappa shape index (κ1) is 32.8. The van der Waals surface area contributed by atoms with Crippen LogP contribution in [-0.2, 0) is 4.79 Å². The van der Waals surface area contributed by atoms with Crippen LogP contribution < -0.4 is 5.32 Å². The van der Waals surface area contributed by atoms with E-state index in [1.54, 1.807) is 30.3 Å². The number of rotatable bonds is 10. The standard InChI is InChI=1S/C33H42Cl2N6O2/c1-5-6-7-8-27(21-9-11-22(12-10-21)30(42)38-20-28(36)40-37)41-31(43)29(23-17-25(34)19-26(35)18-23)39-33(41)15-13-24(14-16-33)32(2,3)4/h9-12,17-19,24,27,36-37H,5-8,13-16,20H2,1-4H3,(H,38,42)/t24?,27-,33?/m1/s1. The summed E-state index contributed by atoms with van der Waals surface area (Å²) in [4.78, 5) is 34.4. The summed E-state index contributed by atoms with van der Waals surface area (Å²) in [6.45, 7) is 8.90. The number of carbonyl (C=O) groups is 2. The van der Waals surface area contributed by atoms with E-state index in [1.807, 2.05) is 17.0 Å². The number of nitrogens with one attached hydrogen (secondary N) is 3. The van der Waals surface area contributed by atoms with E-state index < -0.39 is 5.66 Å². The highest BCUT2D eigenvalue weighted by atomic mass is 35.5. The average molecular weight is 626 g/mol. The van der Waals surface area contributed by atoms with Crippen molar-refractivity contribution in [1.29, 1.82) is 10.9 Å². The van der Waals surface area contributed by atoms with Crippen molar-refractivity contribution in [2.45, 2.75) is 90.8 Å². The summed E-state index contributed by atoms with van der Waals surface area (Å²) >= 11 is 12.7. The van der Waals surface area contributed by atoms with E-state index in [4.69, 9.17) is 39.1 Å². The van der Waals surface area contributed by atoms with Gasteiger partial charge in [0.15, 0.2) is 5.84 Å². The van der Waals surface area contributed by atoms with Gasteiger partial charge in [0.1, 0.15) is 11.4 Å². The highest BCUT2D eigenvalue weighted by molar-refractivity contribution is 6.47. The molecule has 4 rings (SSSR count). The molecular formula is C33H42Cl2N6O2. The zero-order chi connectivity index (χ0) is 31.4. The Kier molecular flexibility index (Phi) is 10.4. The fourth-order valence-electron chi connectivity index (χ4n) is 6.42. The lowest BCUT2D eigenvalue weighted by Gasteiger charge is -2.47. The summed E-state index contributed by atoms with van der Waals surface area (Å²) in [6, 6.07) is 12.3. The van der Waals surface area contributed by atoms with Crippen molar-refractivity contribution in [2.24, 2.45) is 21.4 Å². The molecule has 0 aromatic heterocycles. The Labute approximate surface area is 264 Å². The van der Waals surface area contributed by atoms with Crippen LogP contribution in [0.1, 0.15) is 107 Å². The molecule has 2 aliphatic rings. The molecule has 2 amide bonds. The van der Waals surface area contributed by atoms with Gasteiger partial charge < -0.3 is 10.2 Å². The van der Waals surface area contributed by atoms with Crippen molar-refractivity contribution in [3.8, 4) is 0 Å². The van der Waals surface area contributed by atoms with Crippen LogP contribution in [0.2, 0.25) is 10.0 Å². The van der Waals surface area contributed by atoms with Crippen LogP contribution in [0.15, 0.2) is 52.6 Å². The Morgan fingerprint density at radius 2 is 1.74 bits per heavy atom. The summed E-state index contributed by atoms with van der Waals surface area (Å²) < 4.78 is 0. The lowest BCUT2D eigenvalue weighted by molar-refractivity contribution is -0.133. The Morgan fingerprint density at radius 3 is 2.30 bits per heavy atom. The molecular weight excluding hydrogens is 583 g/mol. The van der Waals surface area contributed by atoms with Gasteiger partial charge in [-0.25, -0.2) is 5.53 Å². The largest absolute Gasteiger partial charge is 0.345 e. The minimum absolute atomic E-state index is 0.113. The third-order valence-electron chi connectivity index (χ3n) is 8.84. The van der Waals surface area contributed by atoms with Crippen LogP contribution in [0.25, 0.3) is 0 Å². The van der Waals surface area contributed by atoms with Crippen LogP contribution in [0.5, 0.6) is 0 Å². The Hall–Kier alpha value is -3.10. The summed E-state index contributed by atoms with van der Waals surface area (Å²) in [5, 5.41) is 14.1. The molecule has 0 bridgehead atoms. The van der Waals surface area contributed by atoms with E-state index in [0.717, 1.165) is 56.9 Å². The van der Waals surface area contributed by atoms with Crippen molar-refractivity contribution in [2.75, 3.05) is 6.54 Å². The molecule has 3 N–H and O–H groups in total. The van der Waals surface area contributed by atoms with E-state index in [2.05, 4.69) is 38.1 Å². The van der Waals surface area contributed by atoms with Crippen LogP contribution >= 0.6 is 23.2 Å². The van der Waals surface area contributed by atoms with Gasteiger partial charge in [-0.1, -0.05) is 82.3 Å². The van der Waals surface area contributed by atoms with Gasteiger partial charge in [0.25, 0.3) is 11.8 Å². The Bertz CT molecular complexity index is 1370. The lowest BCUT2D eigenvalue weighted by atomic mass is 9.69. The minimum atomic E-state index is -0.671. The molecule has 43 heavy (non-hydrogen) atoms. The predicted octanol–water partition coefficient (Wildman–Crippen LogP) is 8.62. The number of amides is 2. The summed E-state index contributed by atoms with van der Waals surface area (Å²) in [5.41, 5.74) is 8.83. The summed E-state index contributed by atoms with van der Waals surface area (Å²) in [6.07, 6.45) is 7.32. The number of unbranched alkanes of at least 4 members (excludes halogenated alkanes) is 2. The molecule has 1 aliphatic heterocycles. The zero-order valence-corrected chi connectivity index (χ0v) is 27.0. The molecule has 1 fully saturated rings. The molecule has 0 unspecified atom stereocenters. The molecule has 1 heterocycles. The molecule has 1 saturated carbocycles. The van der Waals surface area contributed by atoms with E-state index >= 15 is 0 Å². The monoisotopic (exact) mass is 624 g/mol. The van der Waals surface area contributed by atoms with Gasteiger partial charge in [-0.05, 0) is 79.3 Å². The molecule has 1 aliphatic carbocycles. The van der Waals surface area contributed by atoms with Crippen molar-refractivity contribution in [3.63, 3.8) is 0 Å². The van der Waals surface area contributed by atoms with Gasteiger partial charge in [-0.3, -0.25) is 20.0 Å². The third kappa shape index (κ3) is 7.52. The van der Waals surface area contributed by atoms with Gasteiger partial charge in [-0.2, -0.15) is 0 Å². The highest BCUT2D eigenvalue weighted by Crippen LogP contribution is 2.50. The Balaban J connectivity index is 1.73. The van der Waals surface area contributed by atoms with Crippen LogP contribution in [0, 0.1) is 22.3 Å². The molecule has 0 radical (unpaired) electrons. The van der Waals surface area contributed by atoms with Crippen molar-refractivity contribution in [1.82, 2.24) is 10.2 Å². The van der Waals surface area contributed by atoms with E-state index in [9.17, 15) is 9.59 Å². The van der Waals surface area contributed by atoms with Gasteiger partial charge >= 0.3 is 0 Å². The fraction of sp³-hybridized carbons (Fsp3) is 0.515. The molecule has 2 aromatic rings. The quantitative estimate of drug-likeness (QED) is 0.106. The number of hydrogen-bond donors (Lipinski definition) is 3.